The van der Waals surface area contributed by atoms with Gasteiger partial charge < -0.3 is 10.2 Å². The average Bonchev–Trinajstić information content (AvgIpc) is 2.64. The number of furan rings is 1. The predicted molar refractivity (Wildman–Crippen MR) is 63.8 cm³/mol. The number of primary amides is 1. The van der Waals surface area contributed by atoms with E-state index in [0.29, 0.717) is 0 Å². The zero-order valence-electron chi connectivity index (χ0n) is 9.07. The van der Waals surface area contributed by atoms with Gasteiger partial charge in [0.1, 0.15) is 11.3 Å². The van der Waals surface area contributed by atoms with Gasteiger partial charge in [0.25, 0.3) is 0 Å². The Morgan fingerprint density at radius 1 is 1.44 bits per heavy atom. The van der Waals surface area contributed by atoms with Gasteiger partial charge in [-0.25, -0.2) is 0 Å². The number of hydrogen-bond acceptors (Lipinski definition) is 2. The van der Waals surface area contributed by atoms with Crippen molar-refractivity contribution in [1.29, 1.82) is 0 Å². The van der Waals surface area contributed by atoms with E-state index < -0.39 is 5.91 Å². The van der Waals surface area contributed by atoms with Crippen LogP contribution in [0.3, 0.4) is 0 Å². The molecule has 2 N–H and O–H groups in total. The molecule has 2 aromatic rings. The topological polar surface area (TPSA) is 56.2 Å². The highest BCUT2D eigenvalue weighted by Gasteiger charge is 2.09. The SMILES string of the molecule is CCc1oc2ccccc2c1/C=C/C(N)=O. The highest BCUT2D eigenvalue weighted by Crippen LogP contribution is 2.27. The lowest BCUT2D eigenvalue weighted by Gasteiger charge is -1.92. The number of aryl methyl sites for hydroxylation is 1. The van der Waals surface area contributed by atoms with E-state index in [1.807, 2.05) is 31.2 Å². The fourth-order valence-electron chi connectivity index (χ4n) is 1.73. The summed E-state index contributed by atoms with van der Waals surface area (Å²) in [5.74, 6) is 0.422. The summed E-state index contributed by atoms with van der Waals surface area (Å²) in [5, 5.41) is 1.01. The quantitative estimate of drug-likeness (QED) is 0.800. The number of amides is 1. The van der Waals surface area contributed by atoms with Crippen LogP contribution in [0, 0.1) is 0 Å². The van der Waals surface area contributed by atoms with Crippen molar-refractivity contribution in [2.24, 2.45) is 5.73 Å². The van der Waals surface area contributed by atoms with Crippen molar-refractivity contribution in [3.63, 3.8) is 0 Å². The molecule has 82 valence electrons. The molecule has 3 heteroatoms. The smallest absolute Gasteiger partial charge is 0.241 e. The Bertz CT molecular complexity index is 552. The second-order valence-corrected chi connectivity index (χ2v) is 3.52. The van der Waals surface area contributed by atoms with Gasteiger partial charge in [-0.05, 0) is 12.1 Å². The van der Waals surface area contributed by atoms with E-state index in [2.05, 4.69) is 0 Å². The Morgan fingerprint density at radius 3 is 2.88 bits per heavy atom. The molecule has 1 amide bonds. The summed E-state index contributed by atoms with van der Waals surface area (Å²) in [6, 6.07) is 7.75. The maximum atomic E-state index is 10.7. The fraction of sp³-hybridized carbons (Fsp3) is 0.154. The third-order valence-electron chi connectivity index (χ3n) is 2.45. The number of carbonyl (C=O) groups is 1. The molecular weight excluding hydrogens is 202 g/mol. The summed E-state index contributed by atoms with van der Waals surface area (Å²) in [6.45, 7) is 2.01. The third kappa shape index (κ3) is 1.84. The first kappa shape index (κ1) is 10.5. The Balaban J connectivity index is 2.60. The summed E-state index contributed by atoms with van der Waals surface area (Å²) in [7, 11) is 0. The molecule has 0 aliphatic carbocycles. The van der Waals surface area contributed by atoms with Crippen molar-refractivity contribution in [1.82, 2.24) is 0 Å². The Kier molecular flexibility index (Phi) is 2.77. The third-order valence-corrected chi connectivity index (χ3v) is 2.45. The van der Waals surface area contributed by atoms with E-state index in [1.54, 1.807) is 6.08 Å². The molecule has 16 heavy (non-hydrogen) atoms. The normalized spacial score (nSPS) is 11.3. The molecule has 0 aliphatic rings. The van der Waals surface area contributed by atoms with E-state index in [9.17, 15) is 4.79 Å². The van der Waals surface area contributed by atoms with Crippen molar-refractivity contribution < 1.29 is 9.21 Å². The van der Waals surface area contributed by atoms with Crippen LogP contribution in [0.2, 0.25) is 0 Å². The summed E-state index contributed by atoms with van der Waals surface area (Å²) in [5.41, 5.74) is 6.87. The van der Waals surface area contributed by atoms with Gasteiger partial charge in [0.05, 0.1) is 0 Å². The molecule has 0 atom stereocenters. The van der Waals surface area contributed by atoms with Gasteiger partial charge in [0.15, 0.2) is 0 Å². The number of carbonyl (C=O) groups excluding carboxylic acids is 1. The van der Waals surface area contributed by atoms with Crippen molar-refractivity contribution >= 4 is 23.0 Å². The van der Waals surface area contributed by atoms with E-state index in [1.165, 1.54) is 6.08 Å². The number of para-hydroxylation sites is 1. The van der Waals surface area contributed by atoms with Crippen LogP contribution in [0.1, 0.15) is 18.2 Å². The fourth-order valence-corrected chi connectivity index (χ4v) is 1.73. The lowest BCUT2D eigenvalue weighted by Crippen LogP contribution is -2.05. The van der Waals surface area contributed by atoms with Crippen LogP contribution in [0.15, 0.2) is 34.8 Å². The van der Waals surface area contributed by atoms with Crippen molar-refractivity contribution in [2.75, 3.05) is 0 Å². The molecule has 3 nitrogen and oxygen atoms in total. The van der Waals surface area contributed by atoms with E-state index in [0.717, 1.165) is 28.7 Å². The molecule has 2 rings (SSSR count). The molecule has 0 spiro atoms. The maximum absolute atomic E-state index is 10.7. The Labute approximate surface area is 93.5 Å². The Morgan fingerprint density at radius 2 is 2.19 bits per heavy atom. The predicted octanol–water partition coefficient (Wildman–Crippen LogP) is 2.49. The summed E-state index contributed by atoms with van der Waals surface area (Å²) in [6.07, 6.45) is 3.86. The monoisotopic (exact) mass is 215 g/mol. The van der Waals surface area contributed by atoms with Gasteiger partial charge in [-0.15, -0.1) is 0 Å². The number of benzene rings is 1. The number of hydrogen-bond donors (Lipinski definition) is 1. The van der Waals surface area contributed by atoms with Gasteiger partial charge in [-0.2, -0.15) is 0 Å². The van der Waals surface area contributed by atoms with Gasteiger partial charge in [0, 0.05) is 23.4 Å². The largest absolute Gasteiger partial charge is 0.460 e. The van der Waals surface area contributed by atoms with Crippen LogP contribution in [0.25, 0.3) is 17.0 Å². The summed E-state index contributed by atoms with van der Waals surface area (Å²) < 4.78 is 5.68. The molecule has 0 radical (unpaired) electrons. The van der Waals surface area contributed by atoms with Gasteiger partial charge in [-0.1, -0.05) is 25.1 Å². The molecule has 0 saturated carbocycles. The minimum atomic E-state index is -0.452. The van der Waals surface area contributed by atoms with Crippen LogP contribution >= 0.6 is 0 Å². The summed E-state index contributed by atoms with van der Waals surface area (Å²) in [4.78, 5) is 10.7. The van der Waals surface area contributed by atoms with Crippen molar-refractivity contribution in [2.45, 2.75) is 13.3 Å². The standard InChI is InChI=1S/C13H13NO2/c1-2-11-10(7-8-13(14)15)9-5-3-4-6-12(9)16-11/h3-8H,2H2,1H3,(H2,14,15)/b8-7+. The minimum Gasteiger partial charge on any atom is -0.460 e. The zero-order valence-corrected chi connectivity index (χ0v) is 9.07. The first-order valence-electron chi connectivity index (χ1n) is 5.20. The number of nitrogens with two attached hydrogens (primary N) is 1. The number of rotatable bonds is 3. The Hall–Kier alpha value is -2.03. The molecule has 1 aromatic heterocycles. The molecule has 1 aromatic carbocycles. The summed E-state index contributed by atoms with van der Waals surface area (Å²) >= 11 is 0. The zero-order chi connectivity index (χ0) is 11.5. The molecule has 0 bridgehead atoms. The number of fused-ring (bicyclic) bond motifs is 1. The van der Waals surface area contributed by atoms with Crippen LogP contribution in [-0.2, 0) is 11.2 Å². The molecule has 1 heterocycles. The average molecular weight is 215 g/mol. The van der Waals surface area contributed by atoms with Crippen LogP contribution in [-0.4, -0.2) is 5.91 Å². The maximum Gasteiger partial charge on any atom is 0.241 e. The van der Waals surface area contributed by atoms with Crippen molar-refractivity contribution in [3.8, 4) is 0 Å². The first-order chi connectivity index (χ1) is 7.72. The second-order valence-electron chi connectivity index (χ2n) is 3.52. The van der Waals surface area contributed by atoms with E-state index in [-0.39, 0.29) is 0 Å². The lowest BCUT2D eigenvalue weighted by atomic mass is 10.1. The molecular formula is C13H13NO2. The van der Waals surface area contributed by atoms with Crippen LogP contribution in [0.5, 0.6) is 0 Å². The molecule has 0 unspecified atom stereocenters. The van der Waals surface area contributed by atoms with Gasteiger partial charge in [0.2, 0.25) is 5.91 Å². The molecule has 0 saturated heterocycles. The van der Waals surface area contributed by atoms with E-state index in [4.69, 9.17) is 10.2 Å². The van der Waals surface area contributed by atoms with Crippen LogP contribution in [0.4, 0.5) is 0 Å². The van der Waals surface area contributed by atoms with Crippen LogP contribution < -0.4 is 5.73 Å². The first-order valence-corrected chi connectivity index (χ1v) is 5.20. The highest BCUT2D eigenvalue weighted by atomic mass is 16.3. The lowest BCUT2D eigenvalue weighted by molar-refractivity contribution is -0.113. The second kappa shape index (κ2) is 4.23. The van der Waals surface area contributed by atoms with Crippen molar-refractivity contribution in [3.05, 3.63) is 41.7 Å². The van der Waals surface area contributed by atoms with E-state index >= 15 is 0 Å². The van der Waals surface area contributed by atoms with Gasteiger partial charge in [-0.3, -0.25) is 4.79 Å². The van der Waals surface area contributed by atoms with Gasteiger partial charge >= 0.3 is 0 Å². The molecule has 0 fully saturated rings. The highest BCUT2D eigenvalue weighted by molar-refractivity contribution is 5.95. The molecule has 0 aliphatic heterocycles. The minimum absolute atomic E-state index is 0.452.